The fraction of sp³-hybridized carbons (Fsp3) is 0.214. The van der Waals surface area contributed by atoms with Gasteiger partial charge < -0.3 is 14.1 Å². The molecule has 3 aromatic carbocycles. The molecule has 0 saturated heterocycles. The summed E-state index contributed by atoms with van der Waals surface area (Å²) < 4.78 is 12.1. The molecule has 0 radical (unpaired) electrons. The molecule has 0 N–H and O–H groups in total. The lowest BCUT2D eigenvalue weighted by Crippen LogP contribution is -2.29. The first-order valence-corrected chi connectivity index (χ1v) is 12.0. The molecule has 5 rings (SSSR count). The maximum Gasteiger partial charge on any atom is 0.291 e. The van der Waals surface area contributed by atoms with Crippen LogP contribution in [0.1, 0.15) is 58.6 Å². The van der Waals surface area contributed by atoms with Gasteiger partial charge in [-0.3, -0.25) is 9.59 Å². The Hall–Kier alpha value is -3.38. The Kier molecular flexibility index (Phi) is 5.78. The summed E-state index contributed by atoms with van der Waals surface area (Å²) in [6, 6.07) is 20.5. The number of fused-ring (bicyclic) bond motifs is 2. The molecule has 0 fully saturated rings. The molecule has 6 heteroatoms. The van der Waals surface area contributed by atoms with E-state index in [1.807, 2.05) is 36.4 Å². The van der Waals surface area contributed by atoms with Gasteiger partial charge in [-0.05, 0) is 52.9 Å². The molecule has 1 unspecified atom stereocenters. The molecule has 1 aliphatic rings. The van der Waals surface area contributed by atoms with Crippen LogP contribution in [0.3, 0.4) is 0 Å². The van der Waals surface area contributed by atoms with E-state index in [0.29, 0.717) is 29.0 Å². The van der Waals surface area contributed by atoms with E-state index in [1.54, 1.807) is 30.2 Å². The van der Waals surface area contributed by atoms with Gasteiger partial charge in [-0.2, -0.15) is 0 Å². The lowest BCUT2D eigenvalue weighted by atomic mass is 9.95. The first-order valence-electron chi connectivity index (χ1n) is 11.2. The van der Waals surface area contributed by atoms with Gasteiger partial charge in [-0.15, -0.1) is 0 Å². The Morgan fingerprint density at radius 1 is 1.00 bits per heavy atom. The predicted molar refractivity (Wildman–Crippen MR) is 135 cm³/mol. The van der Waals surface area contributed by atoms with Crippen molar-refractivity contribution in [1.29, 1.82) is 0 Å². The molecule has 34 heavy (non-hydrogen) atoms. The number of hydrogen-bond donors (Lipinski definition) is 0. The number of amides is 1. The van der Waals surface area contributed by atoms with E-state index in [-0.39, 0.29) is 17.1 Å². The fourth-order valence-electron chi connectivity index (χ4n) is 4.49. The second-order valence-corrected chi connectivity index (χ2v) is 9.74. The molecule has 0 spiro atoms. The van der Waals surface area contributed by atoms with Crippen molar-refractivity contribution in [3.05, 3.63) is 109 Å². The molecular formula is C28H24BrNO4. The number of ether oxygens (including phenoxy) is 1. The molecule has 172 valence electrons. The van der Waals surface area contributed by atoms with Gasteiger partial charge in [0.2, 0.25) is 5.76 Å². The van der Waals surface area contributed by atoms with Crippen LogP contribution in [0.4, 0.5) is 0 Å². The number of methoxy groups -OCH3 is 1. The standard InChI is InChI=1S/C28H24BrNO4/c1-16(2)18-6-8-19(9-7-18)25-24-26(31)22-14-20(29)10-13-23(22)34-27(24)28(32)30(25)15-17-4-11-21(33-3)12-5-17/h4-14,16,25H,15H2,1-3H3. The van der Waals surface area contributed by atoms with Crippen LogP contribution in [0.5, 0.6) is 5.75 Å². The highest BCUT2D eigenvalue weighted by Gasteiger charge is 2.42. The van der Waals surface area contributed by atoms with Crippen molar-refractivity contribution >= 4 is 32.8 Å². The second kappa shape index (κ2) is 8.76. The number of benzene rings is 3. The van der Waals surface area contributed by atoms with Crippen LogP contribution in [0.15, 0.2) is 80.4 Å². The van der Waals surface area contributed by atoms with E-state index < -0.39 is 6.04 Å². The third kappa shape index (κ3) is 3.82. The monoisotopic (exact) mass is 517 g/mol. The Morgan fingerprint density at radius 2 is 1.71 bits per heavy atom. The molecule has 5 nitrogen and oxygen atoms in total. The zero-order valence-electron chi connectivity index (χ0n) is 19.2. The van der Waals surface area contributed by atoms with E-state index in [9.17, 15) is 9.59 Å². The molecule has 1 aromatic heterocycles. The van der Waals surface area contributed by atoms with Gasteiger partial charge in [0.1, 0.15) is 11.3 Å². The quantitative estimate of drug-likeness (QED) is 0.306. The van der Waals surface area contributed by atoms with Gasteiger partial charge in [0.15, 0.2) is 5.43 Å². The summed E-state index contributed by atoms with van der Waals surface area (Å²) in [5, 5.41) is 0.455. The maximum atomic E-state index is 13.7. The summed E-state index contributed by atoms with van der Waals surface area (Å²) in [4.78, 5) is 29.0. The number of hydrogen-bond acceptors (Lipinski definition) is 4. The number of carbonyl (C=O) groups is 1. The average molecular weight is 518 g/mol. The average Bonchev–Trinajstić information content (AvgIpc) is 3.12. The molecule has 0 saturated carbocycles. The summed E-state index contributed by atoms with van der Waals surface area (Å²) >= 11 is 3.44. The van der Waals surface area contributed by atoms with E-state index in [2.05, 4.69) is 41.9 Å². The van der Waals surface area contributed by atoms with Gasteiger partial charge in [-0.1, -0.05) is 66.2 Å². The molecule has 1 aliphatic heterocycles. The fourth-order valence-corrected chi connectivity index (χ4v) is 4.85. The van der Waals surface area contributed by atoms with E-state index in [1.165, 1.54) is 5.56 Å². The summed E-state index contributed by atoms with van der Waals surface area (Å²) in [6.07, 6.45) is 0. The third-order valence-electron chi connectivity index (χ3n) is 6.36. The number of halogens is 1. The minimum atomic E-state index is -0.537. The number of carbonyl (C=O) groups excluding carboxylic acids is 1. The van der Waals surface area contributed by atoms with Crippen LogP contribution in [0, 0.1) is 0 Å². The Balaban J connectivity index is 1.67. The summed E-state index contributed by atoms with van der Waals surface area (Å²) in [5.41, 5.74) is 3.63. The van der Waals surface area contributed by atoms with Crippen LogP contribution in [0.2, 0.25) is 0 Å². The van der Waals surface area contributed by atoms with Gasteiger partial charge in [0.05, 0.1) is 24.1 Å². The number of rotatable bonds is 5. The normalized spacial score (nSPS) is 15.3. The zero-order chi connectivity index (χ0) is 24.0. The molecular weight excluding hydrogens is 494 g/mol. The molecule has 1 amide bonds. The van der Waals surface area contributed by atoms with Crippen molar-refractivity contribution in [2.75, 3.05) is 7.11 Å². The Morgan fingerprint density at radius 3 is 2.35 bits per heavy atom. The number of nitrogens with zero attached hydrogens (tertiary/aromatic N) is 1. The highest BCUT2D eigenvalue weighted by molar-refractivity contribution is 9.10. The first-order chi connectivity index (χ1) is 16.4. The Labute approximate surface area is 206 Å². The lowest BCUT2D eigenvalue weighted by Gasteiger charge is -2.25. The SMILES string of the molecule is COc1ccc(CN2C(=O)c3oc4ccc(Br)cc4c(=O)c3C2c2ccc(C(C)C)cc2)cc1. The Bertz CT molecular complexity index is 1440. The van der Waals surface area contributed by atoms with Crippen molar-refractivity contribution in [1.82, 2.24) is 4.90 Å². The summed E-state index contributed by atoms with van der Waals surface area (Å²) in [5.74, 6) is 0.958. The van der Waals surface area contributed by atoms with E-state index >= 15 is 0 Å². The smallest absolute Gasteiger partial charge is 0.291 e. The predicted octanol–water partition coefficient (Wildman–Crippen LogP) is 6.43. The highest BCUT2D eigenvalue weighted by atomic mass is 79.9. The minimum Gasteiger partial charge on any atom is -0.497 e. The molecule has 1 atom stereocenters. The van der Waals surface area contributed by atoms with Gasteiger partial charge in [-0.25, -0.2) is 0 Å². The van der Waals surface area contributed by atoms with Crippen LogP contribution < -0.4 is 10.2 Å². The van der Waals surface area contributed by atoms with Crippen molar-refractivity contribution in [2.45, 2.75) is 32.4 Å². The van der Waals surface area contributed by atoms with Gasteiger partial charge >= 0.3 is 0 Å². The van der Waals surface area contributed by atoms with Crippen LogP contribution in [-0.2, 0) is 6.54 Å². The molecule has 0 bridgehead atoms. The highest BCUT2D eigenvalue weighted by Crippen LogP contribution is 2.39. The van der Waals surface area contributed by atoms with Crippen LogP contribution in [0.25, 0.3) is 11.0 Å². The van der Waals surface area contributed by atoms with Gasteiger partial charge in [0.25, 0.3) is 5.91 Å². The minimum absolute atomic E-state index is 0.117. The molecule has 4 aromatic rings. The van der Waals surface area contributed by atoms with Gasteiger partial charge in [0, 0.05) is 11.0 Å². The largest absolute Gasteiger partial charge is 0.497 e. The van der Waals surface area contributed by atoms with E-state index in [0.717, 1.165) is 21.3 Å². The van der Waals surface area contributed by atoms with Crippen molar-refractivity contribution < 1.29 is 13.9 Å². The van der Waals surface area contributed by atoms with Crippen molar-refractivity contribution in [2.24, 2.45) is 0 Å². The van der Waals surface area contributed by atoms with E-state index in [4.69, 9.17) is 9.15 Å². The molecule has 0 aliphatic carbocycles. The van der Waals surface area contributed by atoms with Crippen LogP contribution in [-0.4, -0.2) is 17.9 Å². The summed E-state index contributed by atoms with van der Waals surface area (Å²) in [7, 11) is 1.62. The third-order valence-corrected chi connectivity index (χ3v) is 6.85. The van der Waals surface area contributed by atoms with Crippen molar-refractivity contribution in [3.8, 4) is 5.75 Å². The second-order valence-electron chi connectivity index (χ2n) is 8.82. The maximum absolute atomic E-state index is 13.7. The lowest BCUT2D eigenvalue weighted by molar-refractivity contribution is 0.0714. The topological polar surface area (TPSA) is 59.8 Å². The van der Waals surface area contributed by atoms with Crippen LogP contribution >= 0.6 is 15.9 Å². The van der Waals surface area contributed by atoms with Crippen molar-refractivity contribution in [3.63, 3.8) is 0 Å². The summed E-state index contributed by atoms with van der Waals surface area (Å²) in [6.45, 7) is 4.61. The zero-order valence-corrected chi connectivity index (χ0v) is 20.8. The molecule has 2 heterocycles. The first kappa shape index (κ1) is 22.4.